The Bertz CT molecular complexity index is 101. The predicted molar refractivity (Wildman–Crippen MR) is 55.0 cm³/mol. The fourth-order valence-electron chi connectivity index (χ4n) is 0.765. The Morgan fingerprint density at radius 2 is 1.42 bits per heavy atom. The molecular formula is C10H24N2. The fourth-order valence-corrected chi connectivity index (χ4v) is 0.765. The molecule has 0 rings (SSSR count). The summed E-state index contributed by atoms with van der Waals surface area (Å²) in [5, 5.41) is 0. The molecule has 2 N–H and O–H groups in total. The third-order valence-corrected chi connectivity index (χ3v) is 1.46. The van der Waals surface area contributed by atoms with E-state index in [4.69, 9.17) is 0 Å². The van der Waals surface area contributed by atoms with Gasteiger partial charge >= 0.3 is 0 Å². The lowest BCUT2D eigenvalue weighted by molar-refractivity contribution is 0.310. The van der Waals surface area contributed by atoms with Gasteiger partial charge in [-0.1, -0.05) is 20.8 Å². The average molecular weight is 172 g/mol. The van der Waals surface area contributed by atoms with Crippen molar-refractivity contribution >= 4 is 0 Å². The highest BCUT2D eigenvalue weighted by Crippen LogP contribution is 2.16. The maximum absolute atomic E-state index is 3.24. The summed E-state index contributed by atoms with van der Waals surface area (Å²) in [7, 11) is 0. The third kappa shape index (κ3) is 9.92. The Morgan fingerprint density at radius 3 is 1.75 bits per heavy atom. The monoisotopic (exact) mass is 172 g/mol. The lowest BCUT2D eigenvalue weighted by Gasteiger charge is -2.23. The van der Waals surface area contributed by atoms with Crippen molar-refractivity contribution in [3.63, 3.8) is 0 Å². The quantitative estimate of drug-likeness (QED) is 0.504. The van der Waals surface area contributed by atoms with Crippen LogP contribution in [0.15, 0.2) is 0 Å². The molecule has 2 heteroatoms. The Balaban J connectivity index is 3.35. The van der Waals surface area contributed by atoms with Gasteiger partial charge in [-0.2, -0.15) is 0 Å². The molecule has 0 spiro atoms. The molecule has 0 saturated heterocycles. The first-order valence-corrected chi connectivity index (χ1v) is 4.71. The molecule has 2 nitrogen and oxygen atoms in total. The van der Waals surface area contributed by atoms with Gasteiger partial charge < -0.3 is 0 Å². The van der Waals surface area contributed by atoms with Crippen LogP contribution in [0.2, 0.25) is 0 Å². The second-order valence-corrected chi connectivity index (χ2v) is 5.61. The van der Waals surface area contributed by atoms with E-state index in [2.05, 4.69) is 52.4 Å². The summed E-state index contributed by atoms with van der Waals surface area (Å²) in [4.78, 5) is 0. The van der Waals surface area contributed by atoms with Gasteiger partial charge in [0.15, 0.2) is 0 Å². The standard InChI is InChI=1S/C10H24N2/c1-9(2,3)7-8-11-12-10(4,5)6/h11-12H,7-8H2,1-6H3. The van der Waals surface area contributed by atoms with Gasteiger partial charge in [-0.15, -0.1) is 0 Å². The van der Waals surface area contributed by atoms with Gasteiger partial charge in [-0.3, -0.25) is 10.9 Å². The number of rotatable bonds is 3. The zero-order valence-corrected chi connectivity index (χ0v) is 9.41. The molecule has 0 aromatic carbocycles. The van der Waals surface area contributed by atoms with E-state index < -0.39 is 0 Å². The van der Waals surface area contributed by atoms with Gasteiger partial charge in [0.1, 0.15) is 0 Å². The van der Waals surface area contributed by atoms with Crippen molar-refractivity contribution in [3.8, 4) is 0 Å². The molecule has 0 aromatic heterocycles. The maximum Gasteiger partial charge on any atom is 0.0239 e. The predicted octanol–water partition coefficient (Wildman–Crippen LogP) is 2.32. The minimum Gasteiger partial charge on any atom is -0.257 e. The van der Waals surface area contributed by atoms with Crippen molar-refractivity contribution in [1.82, 2.24) is 10.9 Å². The summed E-state index contributed by atoms with van der Waals surface area (Å²) in [6, 6.07) is 0. The van der Waals surface area contributed by atoms with Crippen molar-refractivity contribution < 1.29 is 0 Å². The Labute approximate surface area is 77.1 Å². The van der Waals surface area contributed by atoms with Crippen molar-refractivity contribution in [2.45, 2.75) is 53.5 Å². The van der Waals surface area contributed by atoms with E-state index in [1.165, 1.54) is 6.42 Å². The minimum absolute atomic E-state index is 0.165. The van der Waals surface area contributed by atoms with E-state index in [0.29, 0.717) is 5.41 Å². The molecule has 0 aliphatic heterocycles. The van der Waals surface area contributed by atoms with E-state index in [-0.39, 0.29) is 5.54 Å². The van der Waals surface area contributed by atoms with E-state index >= 15 is 0 Å². The number of nitrogens with one attached hydrogen (secondary N) is 2. The topological polar surface area (TPSA) is 24.1 Å². The van der Waals surface area contributed by atoms with Gasteiger partial charge in [-0.25, -0.2) is 0 Å². The normalized spacial score (nSPS) is 13.5. The van der Waals surface area contributed by atoms with Crippen LogP contribution in [0, 0.1) is 5.41 Å². The van der Waals surface area contributed by atoms with E-state index in [9.17, 15) is 0 Å². The summed E-state index contributed by atoms with van der Waals surface area (Å²) in [6.45, 7) is 14.2. The highest BCUT2D eigenvalue weighted by molar-refractivity contribution is 4.68. The zero-order valence-electron chi connectivity index (χ0n) is 9.41. The molecule has 0 radical (unpaired) electrons. The highest BCUT2D eigenvalue weighted by atomic mass is 15.4. The molecule has 0 saturated carbocycles. The molecule has 0 heterocycles. The summed E-state index contributed by atoms with van der Waals surface area (Å²) in [5.41, 5.74) is 7.06. The molecule has 0 amide bonds. The zero-order chi connectivity index (χ0) is 9.83. The van der Waals surface area contributed by atoms with Crippen LogP contribution in [0.25, 0.3) is 0 Å². The molecule has 12 heavy (non-hydrogen) atoms. The maximum atomic E-state index is 3.24. The Hall–Kier alpha value is -0.0800. The second kappa shape index (κ2) is 4.24. The van der Waals surface area contributed by atoms with Crippen LogP contribution in [0.4, 0.5) is 0 Å². The van der Waals surface area contributed by atoms with Crippen LogP contribution in [-0.4, -0.2) is 12.1 Å². The van der Waals surface area contributed by atoms with Gasteiger partial charge in [0, 0.05) is 12.1 Å². The van der Waals surface area contributed by atoms with E-state index in [1.54, 1.807) is 0 Å². The van der Waals surface area contributed by atoms with Gasteiger partial charge in [0.25, 0.3) is 0 Å². The molecule has 0 aromatic rings. The van der Waals surface area contributed by atoms with Crippen LogP contribution in [-0.2, 0) is 0 Å². The van der Waals surface area contributed by atoms with Crippen LogP contribution < -0.4 is 10.9 Å². The largest absolute Gasteiger partial charge is 0.257 e. The first-order valence-electron chi connectivity index (χ1n) is 4.71. The summed E-state index contributed by atoms with van der Waals surface area (Å²) in [6.07, 6.45) is 1.19. The number of hydrogen-bond donors (Lipinski definition) is 2. The van der Waals surface area contributed by atoms with Crippen molar-refractivity contribution in [2.24, 2.45) is 5.41 Å². The first kappa shape index (κ1) is 11.9. The van der Waals surface area contributed by atoms with Crippen molar-refractivity contribution in [2.75, 3.05) is 6.54 Å². The Kier molecular flexibility index (Phi) is 4.21. The minimum atomic E-state index is 0.165. The lowest BCUT2D eigenvalue weighted by Crippen LogP contribution is -2.46. The molecule has 0 atom stereocenters. The van der Waals surface area contributed by atoms with Crippen molar-refractivity contribution in [3.05, 3.63) is 0 Å². The van der Waals surface area contributed by atoms with Crippen LogP contribution in [0.3, 0.4) is 0 Å². The van der Waals surface area contributed by atoms with Gasteiger partial charge in [-0.05, 0) is 32.6 Å². The summed E-state index contributed by atoms with van der Waals surface area (Å²) in [5.74, 6) is 0. The molecule has 0 unspecified atom stereocenters. The van der Waals surface area contributed by atoms with Crippen LogP contribution in [0.5, 0.6) is 0 Å². The fraction of sp³-hybridized carbons (Fsp3) is 1.00. The van der Waals surface area contributed by atoms with E-state index in [0.717, 1.165) is 6.54 Å². The molecule has 0 bridgehead atoms. The molecule has 74 valence electrons. The first-order chi connectivity index (χ1) is 5.21. The van der Waals surface area contributed by atoms with Crippen LogP contribution >= 0.6 is 0 Å². The van der Waals surface area contributed by atoms with Gasteiger partial charge in [0.2, 0.25) is 0 Å². The van der Waals surface area contributed by atoms with Crippen LogP contribution in [0.1, 0.15) is 48.0 Å². The van der Waals surface area contributed by atoms with Crippen molar-refractivity contribution in [1.29, 1.82) is 0 Å². The van der Waals surface area contributed by atoms with E-state index in [1.807, 2.05) is 0 Å². The lowest BCUT2D eigenvalue weighted by atomic mass is 9.92. The SMILES string of the molecule is CC(C)(C)CCNNC(C)(C)C. The average Bonchev–Trinajstić information content (AvgIpc) is 1.76. The molecule has 0 fully saturated rings. The molecular weight excluding hydrogens is 148 g/mol. The molecule has 0 aliphatic carbocycles. The summed E-state index contributed by atoms with van der Waals surface area (Å²) < 4.78 is 0. The number of hydrazine groups is 1. The number of hydrogen-bond acceptors (Lipinski definition) is 2. The summed E-state index contributed by atoms with van der Waals surface area (Å²) >= 11 is 0. The molecule has 0 aliphatic rings. The Morgan fingerprint density at radius 1 is 0.917 bits per heavy atom. The highest BCUT2D eigenvalue weighted by Gasteiger charge is 2.11. The second-order valence-electron chi connectivity index (χ2n) is 5.61. The smallest absolute Gasteiger partial charge is 0.0239 e. The van der Waals surface area contributed by atoms with Gasteiger partial charge in [0.05, 0.1) is 0 Å². The third-order valence-electron chi connectivity index (χ3n) is 1.46.